The molecule has 2 atom stereocenters. The van der Waals surface area contributed by atoms with Crippen LogP contribution in [0.3, 0.4) is 0 Å². The molecule has 0 fully saturated rings. The Balaban J connectivity index is 1.54. The number of carbonyl (C=O) groups is 3. The van der Waals surface area contributed by atoms with Gasteiger partial charge in [0.1, 0.15) is 17.4 Å². The molecule has 0 bridgehead atoms. The summed E-state index contributed by atoms with van der Waals surface area (Å²) in [7, 11) is 2.71. The zero-order chi connectivity index (χ0) is 30.7. The number of benzene rings is 3. The quantitative estimate of drug-likeness (QED) is 0.130. The summed E-state index contributed by atoms with van der Waals surface area (Å²) in [6, 6.07) is 16.3. The Kier molecular flexibility index (Phi) is 9.13. The van der Waals surface area contributed by atoms with E-state index in [0.717, 1.165) is 15.4 Å². The summed E-state index contributed by atoms with van der Waals surface area (Å²) in [5, 5.41) is 3.41. The Morgan fingerprint density at radius 2 is 1.55 bits per heavy atom. The number of nitrogens with one attached hydrogen (secondary N) is 1. The van der Waals surface area contributed by atoms with Crippen molar-refractivity contribution in [3.63, 3.8) is 0 Å². The predicted molar refractivity (Wildman–Crippen MR) is 161 cm³/mol. The first-order chi connectivity index (χ1) is 20.0. The molecule has 4 rings (SSSR count). The van der Waals surface area contributed by atoms with Gasteiger partial charge in [-0.2, -0.15) is 0 Å². The smallest absolute Gasteiger partial charge is 0.329 e. The first kappa shape index (κ1) is 30.5. The van der Waals surface area contributed by atoms with Gasteiger partial charge in [-0.1, -0.05) is 38.1 Å². The molecule has 42 heavy (non-hydrogen) atoms. The molecule has 220 valence electrons. The van der Waals surface area contributed by atoms with Crippen LogP contribution in [0.4, 0.5) is 11.4 Å². The third-order valence-electron chi connectivity index (χ3n) is 6.93. The second kappa shape index (κ2) is 12.6. The number of aryl methyl sites for hydroxylation is 1. The molecular formula is C31H32N2O8S. The molecular weight excluding hydrogens is 560 g/mol. The van der Waals surface area contributed by atoms with E-state index in [9.17, 15) is 23.1 Å². The van der Waals surface area contributed by atoms with Crippen LogP contribution < -0.4 is 14.4 Å². The van der Waals surface area contributed by atoms with Gasteiger partial charge in [-0.3, -0.25) is 18.4 Å². The number of furan rings is 1. The first-order valence-corrected chi connectivity index (χ1v) is 14.2. The molecule has 0 spiro atoms. The number of Topliss-reactive ketones (excluding diaryl/α,β-unsaturated/α-hetero) is 1. The van der Waals surface area contributed by atoms with E-state index in [1.54, 1.807) is 69.3 Å². The maximum Gasteiger partial charge on any atom is 0.329 e. The molecule has 0 aliphatic carbocycles. The number of anilines is 2. The lowest BCUT2D eigenvalue weighted by molar-refractivity contribution is -0.142. The Morgan fingerprint density at radius 1 is 0.952 bits per heavy atom. The number of rotatable bonds is 10. The highest BCUT2D eigenvalue weighted by Gasteiger charge is 2.34. The van der Waals surface area contributed by atoms with Gasteiger partial charge in [0.15, 0.2) is 11.5 Å². The monoisotopic (exact) mass is 592 g/mol. The van der Waals surface area contributed by atoms with Gasteiger partial charge in [-0.25, -0.2) is 9.00 Å². The number of ether oxygens (including phenoxy) is 2. The third kappa shape index (κ3) is 5.93. The number of amides is 1. The van der Waals surface area contributed by atoms with Gasteiger partial charge in [0, 0.05) is 11.3 Å². The highest BCUT2D eigenvalue weighted by Crippen LogP contribution is 2.36. The molecule has 1 heterocycles. The van der Waals surface area contributed by atoms with Gasteiger partial charge in [-0.15, -0.1) is 0 Å². The van der Waals surface area contributed by atoms with Crippen molar-refractivity contribution in [3.8, 4) is 16.9 Å². The molecule has 10 nitrogen and oxygen atoms in total. The molecule has 1 amide bonds. The molecule has 0 saturated carbocycles. The number of methoxy groups -OCH3 is 2. The maximum absolute atomic E-state index is 13.1. The summed E-state index contributed by atoms with van der Waals surface area (Å²) in [5.41, 5.74) is 3.99. The van der Waals surface area contributed by atoms with Crippen molar-refractivity contribution >= 4 is 51.3 Å². The van der Waals surface area contributed by atoms with E-state index < -0.39 is 29.2 Å². The minimum atomic E-state index is -2.45. The van der Waals surface area contributed by atoms with E-state index >= 15 is 0 Å². The van der Waals surface area contributed by atoms with Gasteiger partial charge in [-0.05, 0) is 67.3 Å². The minimum Gasteiger partial charge on any atom is -0.495 e. The van der Waals surface area contributed by atoms with Crippen molar-refractivity contribution in [2.75, 3.05) is 23.8 Å². The third-order valence-corrected chi connectivity index (χ3v) is 7.70. The number of hydrogen-bond acceptors (Lipinski definition) is 7. The van der Waals surface area contributed by atoms with Crippen LogP contribution >= 0.6 is 0 Å². The van der Waals surface area contributed by atoms with E-state index in [0.29, 0.717) is 39.2 Å². The van der Waals surface area contributed by atoms with Crippen molar-refractivity contribution in [2.24, 2.45) is 5.92 Å². The van der Waals surface area contributed by atoms with Crippen molar-refractivity contribution in [1.29, 1.82) is 0 Å². The topological polar surface area (TPSA) is 135 Å². The molecule has 4 aromatic rings. The molecule has 0 radical (unpaired) electrons. The number of ketones is 1. The van der Waals surface area contributed by atoms with Gasteiger partial charge < -0.3 is 19.2 Å². The van der Waals surface area contributed by atoms with Crippen LogP contribution in [0, 0.1) is 12.8 Å². The van der Waals surface area contributed by atoms with E-state index in [4.69, 9.17) is 13.9 Å². The van der Waals surface area contributed by atoms with E-state index in [2.05, 4.69) is 5.32 Å². The van der Waals surface area contributed by atoms with Gasteiger partial charge >= 0.3 is 5.97 Å². The Bertz CT molecular complexity index is 1660. The van der Waals surface area contributed by atoms with Crippen LogP contribution in [0.5, 0.6) is 5.75 Å². The number of fused-ring (bicyclic) bond motifs is 1. The average Bonchev–Trinajstić information content (AvgIpc) is 3.31. The summed E-state index contributed by atoms with van der Waals surface area (Å²) in [5.74, 6) is -1.01. The summed E-state index contributed by atoms with van der Waals surface area (Å²) in [6.45, 7) is 6.73. The van der Waals surface area contributed by atoms with Crippen molar-refractivity contribution in [1.82, 2.24) is 0 Å². The number of esters is 1. The maximum atomic E-state index is 13.1. The highest BCUT2D eigenvalue weighted by molar-refractivity contribution is 7.80. The average molecular weight is 593 g/mol. The lowest BCUT2D eigenvalue weighted by Gasteiger charge is -2.30. The Morgan fingerprint density at radius 3 is 2.05 bits per heavy atom. The van der Waals surface area contributed by atoms with Gasteiger partial charge in [0.25, 0.3) is 17.2 Å². The summed E-state index contributed by atoms with van der Waals surface area (Å²) < 4.78 is 39.4. The molecule has 0 saturated heterocycles. The zero-order valence-electron chi connectivity index (χ0n) is 24.1. The van der Waals surface area contributed by atoms with Crippen LogP contribution in [0.2, 0.25) is 0 Å². The number of hydrogen-bond donors (Lipinski definition) is 2. The van der Waals surface area contributed by atoms with E-state index in [1.807, 2.05) is 12.1 Å². The summed E-state index contributed by atoms with van der Waals surface area (Å²) >= 11 is -2.45. The summed E-state index contributed by atoms with van der Waals surface area (Å²) in [6.07, 6.45) is 0. The van der Waals surface area contributed by atoms with E-state index in [1.165, 1.54) is 21.1 Å². The van der Waals surface area contributed by atoms with Crippen molar-refractivity contribution < 1.29 is 37.0 Å². The second-order valence-electron chi connectivity index (χ2n) is 9.98. The molecule has 1 aromatic heterocycles. The number of nitrogens with zero attached hydrogens (tertiary/aromatic N) is 1. The minimum absolute atomic E-state index is 0.112. The Labute approximate surface area is 246 Å². The van der Waals surface area contributed by atoms with Gasteiger partial charge in [0.05, 0.1) is 30.9 Å². The molecule has 0 aliphatic rings. The van der Waals surface area contributed by atoms with Crippen LogP contribution in [0.25, 0.3) is 22.1 Å². The Hall–Kier alpha value is -4.48. The summed E-state index contributed by atoms with van der Waals surface area (Å²) in [4.78, 5) is 37.5. The standard InChI is InChI=1S/C31H32N2O8S/c1-17(2)27(31(36)40-6)33(42(37)38)23-13-9-21(10-14-23)20-7-11-22(12-8-20)32-30(35)28-18(3)26-25(41-28)16-15-24(19(4)34)29(26)39-5/h7-17,27H,1-6H3,(H,32,35)(H,37,38). The fourth-order valence-electron chi connectivity index (χ4n) is 4.85. The fraction of sp³-hybridized carbons (Fsp3) is 0.258. The highest BCUT2D eigenvalue weighted by atomic mass is 32.2. The predicted octanol–water partition coefficient (Wildman–Crippen LogP) is 6.01. The molecule has 3 aromatic carbocycles. The fourth-order valence-corrected chi connectivity index (χ4v) is 5.68. The molecule has 2 N–H and O–H groups in total. The lowest BCUT2D eigenvalue weighted by Crippen LogP contribution is -2.46. The van der Waals surface area contributed by atoms with Crippen molar-refractivity contribution in [3.05, 3.63) is 77.6 Å². The van der Waals surface area contributed by atoms with Crippen LogP contribution in [-0.2, 0) is 20.8 Å². The van der Waals surface area contributed by atoms with Crippen LogP contribution in [-0.4, -0.2) is 46.7 Å². The normalized spacial score (nSPS) is 12.6. The van der Waals surface area contributed by atoms with Crippen LogP contribution in [0.15, 0.2) is 65.1 Å². The zero-order valence-corrected chi connectivity index (χ0v) is 24.9. The molecule has 11 heteroatoms. The van der Waals surface area contributed by atoms with Gasteiger partial charge in [0.2, 0.25) is 0 Å². The second-order valence-corrected chi connectivity index (χ2v) is 10.8. The largest absolute Gasteiger partial charge is 0.495 e. The van der Waals surface area contributed by atoms with E-state index in [-0.39, 0.29) is 17.5 Å². The lowest BCUT2D eigenvalue weighted by atomic mass is 10.0. The first-order valence-electron chi connectivity index (χ1n) is 13.1. The SMILES string of the molecule is COC(=O)C(C(C)C)N(c1ccc(-c2ccc(NC(=O)c3oc4ccc(C(C)=O)c(OC)c4c3C)cc2)cc1)S(=O)O. The van der Waals surface area contributed by atoms with Crippen LogP contribution in [0.1, 0.15) is 47.2 Å². The molecule has 0 aliphatic heterocycles. The molecule has 2 unspecified atom stereocenters. The van der Waals surface area contributed by atoms with Crippen molar-refractivity contribution in [2.45, 2.75) is 33.7 Å². The number of carbonyl (C=O) groups excluding carboxylic acids is 3.